The van der Waals surface area contributed by atoms with Gasteiger partial charge in [0.25, 0.3) is 0 Å². The van der Waals surface area contributed by atoms with Gasteiger partial charge in [-0.3, -0.25) is 4.79 Å². The summed E-state index contributed by atoms with van der Waals surface area (Å²) in [6.07, 6.45) is 6.07. The van der Waals surface area contributed by atoms with Crippen LogP contribution >= 0.6 is 12.4 Å². The van der Waals surface area contributed by atoms with Gasteiger partial charge >= 0.3 is 0 Å². The van der Waals surface area contributed by atoms with Gasteiger partial charge in [0.15, 0.2) is 0 Å². The van der Waals surface area contributed by atoms with E-state index < -0.39 is 0 Å². The van der Waals surface area contributed by atoms with E-state index in [2.05, 4.69) is 10.6 Å². The Hall–Kier alpha value is -1.26. The molecule has 1 aliphatic carbocycles. The van der Waals surface area contributed by atoms with Crippen molar-refractivity contribution in [3.05, 3.63) is 23.8 Å². The molecule has 5 heteroatoms. The largest absolute Gasteiger partial charge is 0.494 e. The van der Waals surface area contributed by atoms with E-state index in [0.717, 1.165) is 23.4 Å². The topological polar surface area (TPSA) is 50.4 Å². The van der Waals surface area contributed by atoms with Gasteiger partial charge in [-0.15, -0.1) is 12.4 Å². The predicted molar refractivity (Wildman–Crippen MR) is 95.5 cm³/mol. The maximum Gasteiger partial charge on any atom is 0.241 e. The standard InChI is InChI=1S/C18H26N2O2.ClH/c1-3-22-14-8-9-15(12(2)10-14)20-18(21)17-11-13-6-4-5-7-16(13)19-17;/h8-10,13,16-17,19H,3-7,11H2,1-2H3,(H,20,21);1H. The van der Waals surface area contributed by atoms with Crippen LogP contribution in [0.2, 0.25) is 0 Å². The Morgan fingerprint density at radius 3 is 2.83 bits per heavy atom. The molecular formula is C18H27ClN2O2. The maximum atomic E-state index is 12.5. The number of carbonyl (C=O) groups excluding carboxylic acids is 1. The van der Waals surface area contributed by atoms with Gasteiger partial charge in [-0.1, -0.05) is 12.8 Å². The lowest BCUT2D eigenvalue weighted by Crippen LogP contribution is -2.40. The van der Waals surface area contributed by atoms with Gasteiger partial charge in [0, 0.05) is 11.7 Å². The second-order valence-electron chi connectivity index (χ2n) is 6.50. The van der Waals surface area contributed by atoms with Crippen molar-refractivity contribution >= 4 is 24.0 Å². The van der Waals surface area contributed by atoms with Crippen LogP contribution in [-0.2, 0) is 4.79 Å². The monoisotopic (exact) mass is 338 g/mol. The molecule has 4 nitrogen and oxygen atoms in total. The van der Waals surface area contributed by atoms with Crippen molar-refractivity contribution in [3.63, 3.8) is 0 Å². The minimum absolute atomic E-state index is 0. The number of hydrogen-bond donors (Lipinski definition) is 2. The third-order valence-electron chi connectivity index (χ3n) is 4.95. The number of halogens is 1. The molecule has 128 valence electrons. The summed E-state index contributed by atoms with van der Waals surface area (Å²) in [7, 11) is 0. The summed E-state index contributed by atoms with van der Waals surface area (Å²) in [6.45, 7) is 4.62. The van der Waals surface area contributed by atoms with E-state index in [4.69, 9.17) is 4.74 Å². The molecule has 0 radical (unpaired) electrons. The number of fused-ring (bicyclic) bond motifs is 1. The Morgan fingerprint density at radius 1 is 1.35 bits per heavy atom. The fourth-order valence-electron chi connectivity index (χ4n) is 3.77. The molecule has 0 spiro atoms. The first-order valence-corrected chi connectivity index (χ1v) is 8.47. The Kier molecular flexibility index (Phi) is 6.31. The second-order valence-corrected chi connectivity index (χ2v) is 6.50. The van der Waals surface area contributed by atoms with Crippen LogP contribution in [-0.4, -0.2) is 24.6 Å². The van der Waals surface area contributed by atoms with Crippen LogP contribution in [0, 0.1) is 12.8 Å². The molecule has 1 heterocycles. The summed E-state index contributed by atoms with van der Waals surface area (Å²) >= 11 is 0. The number of amides is 1. The van der Waals surface area contributed by atoms with Crippen LogP contribution < -0.4 is 15.4 Å². The number of nitrogens with one attached hydrogen (secondary N) is 2. The molecule has 0 bridgehead atoms. The number of ether oxygens (including phenoxy) is 1. The molecule has 3 atom stereocenters. The fourth-order valence-corrected chi connectivity index (χ4v) is 3.77. The second kappa shape index (κ2) is 8.02. The molecule has 1 aliphatic heterocycles. The lowest BCUT2D eigenvalue weighted by Gasteiger charge is -2.24. The van der Waals surface area contributed by atoms with Crippen LogP contribution in [0.3, 0.4) is 0 Å². The predicted octanol–water partition coefficient (Wildman–Crippen LogP) is 3.67. The summed E-state index contributed by atoms with van der Waals surface area (Å²) in [6, 6.07) is 6.32. The lowest BCUT2D eigenvalue weighted by molar-refractivity contribution is -0.117. The van der Waals surface area contributed by atoms with Crippen LogP contribution in [0.5, 0.6) is 5.75 Å². The Morgan fingerprint density at radius 2 is 2.13 bits per heavy atom. The zero-order chi connectivity index (χ0) is 15.5. The van der Waals surface area contributed by atoms with Crippen molar-refractivity contribution in [2.24, 2.45) is 5.92 Å². The fraction of sp³-hybridized carbons (Fsp3) is 0.611. The highest BCUT2D eigenvalue weighted by molar-refractivity contribution is 5.95. The molecule has 1 saturated carbocycles. The number of anilines is 1. The van der Waals surface area contributed by atoms with Crippen molar-refractivity contribution in [1.29, 1.82) is 0 Å². The zero-order valence-corrected chi connectivity index (χ0v) is 14.7. The van der Waals surface area contributed by atoms with Crippen molar-refractivity contribution in [3.8, 4) is 5.75 Å². The highest BCUT2D eigenvalue weighted by Gasteiger charge is 2.38. The van der Waals surface area contributed by atoms with E-state index in [1.54, 1.807) is 0 Å². The van der Waals surface area contributed by atoms with Crippen LogP contribution in [0.15, 0.2) is 18.2 Å². The molecule has 1 saturated heterocycles. The van der Waals surface area contributed by atoms with E-state index in [9.17, 15) is 4.79 Å². The van der Waals surface area contributed by atoms with Crippen molar-refractivity contribution < 1.29 is 9.53 Å². The number of hydrogen-bond acceptors (Lipinski definition) is 3. The van der Waals surface area contributed by atoms with Crippen LogP contribution in [0.4, 0.5) is 5.69 Å². The highest BCUT2D eigenvalue weighted by Crippen LogP contribution is 2.33. The van der Waals surface area contributed by atoms with E-state index in [-0.39, 0.29) is 24.4 Å². The third-order valence-corrected chi connectivity index (χ3v) is 4.95. The third kappa shape index (κ3) is 4.18. The summed E-state index contributed by atoms with van der Waals surface area (Å²) in [5.74, 6) is 1.63. The number of aryl methyl sites for hydroxylation is 1. The normalized spacial score (nSPS) is 26.1. The molecule has 2 fully saturated rings. The minimum Gasteiger partial charge on any atom is -0.494 e. The average Bonchev–Trinajstić information content (AvgIpc) is 2.94. The Balaban J connectivity index is 0.00000192. The molecule has 1 aromatic rings. The molecule has 23 heavy (non-hydrogen) atoms. The number of benzene rings is 1. The maximum absolute atomic E-state index is 12.5. The lowest BCUT2D eigenvalue weighted by atomic mass is 9.85. The van der Waals surface area contributed by atoms with Gasteiger partial charge in [0.1, 0.15) is 5.75 Å². The van der Waals surface area contributed by atoms with E-state index in [1.165, 1.54) is 25.7 Å². The molecule has 1 amide bonds. The van der Waals surface area contributed by atoms with Crippen molar-refractivity contribution in [2.45, 2.75) is 58.0 Å². The van der Waals surface area contributed by atoms with Gasteiger partial charge in [0.05, 0.1) is 12.6 Å². The number of rotatable bonds is 4. The van der Waals surface area contributed by atoms with Gasteiger partial charge in [-0.25, -0.2) is 0 Å². The van der Waals surface area contributed by atoms with E-state index in [1.807, 2.05) is 32.0 Å². The van der Waals surface area contributed by atoms with Gasteiger partial charge in [-0.05, 0) is 62.8 Å². The van der Waals surface area contributed by atoms with Crippen molar-refractivity contribution in [1.82, 2.24) is 5.32 Å². The first-order valence-electron chi connectivity index (χ1n) is 8.47. The molecule has 3 rings (SSSR count). The smallest absolute Gasteiger partial charge is 0.241 e. The van der Waals surface area contributed by atoms with E-state index in [0.29, 0.717) is 18.6 Å². The highest BCUT2D eigenvalue weighted by atomic mass is 35.5. The average molecular weight is 339 g/mol. The van der Waals surface area contributed by atoms with Gasteiger partial charge in [0.2, 0.25) is 5.91 Å². The molecule has 2 aliphatic rings. The van der Waals surface area contributed by atoms with Crippen molar-refractivity contribution in [2.75, 3.05) is 11.9 Å². The minimum atomic E-state index is -0.0425. The first kappa shape index (κ1) is 18.1. The SMILES string of the molecule is CCOc1ccc(NC(=O)C2CC3CCCCC3N2)c(C)c1.Cl. The quantitative estimate of drug-likeness (QED) is 0.880. The molecule has 1 aromatic carbocycles. The number of carbonyl (C=O) groups is 1. The van der Waals surface area contributed by atoms with E-state index >= 15 is 0 Å². The summed E-state index contributed by atoms with van der Waals surface area (Å²) in [5.41, 5.74) is 1.92. The van der Waals surface area contributed by atoms with Gasteiger partial charge in [-0.2, -0.15) is 0 Å². The Labute approximate surface area is 144 Å². The summed E-state index contributed by atoms with van der Waals surface area (Å²) in [5, 5.41) is 6.60. The molecule has 2 N–H and O–H groups in total. The summed E-state index contributed by atoms with van der Waals surface area (Å²) < 4.78 is 5.49. The zero-order valence-electron chi connectivity index (χ0n) is 13.9. The van der Waals surface area contributed by atoms with Gasteiger partial charge < -0.3 is 15.4 Å². The molecular weight excluding hydrogens is 312 g/mol. The van der Waals surface area contributed by atoms with Crippen LogP contribution in [0.1, 0.15) is 44.6 Å². The van der Waals surface area contributed by atoms with Crippen LogP contribution in [0.25, 0.3) is 0 Å². The first-order chi connectivity index (χ1) is 10.7. The molecule has 0 aromatic heterocycles. The Bertz CT molecular complexity index is 536. The summed E-state index contributed by atoms with van der Waals surface area (Å²) in [4.78, 5) is 12.5. The molecule has 3 unspecified atom stereocenters.